The fourth-order valence-electron chi connectivity index (χ4n) is 3.12. The molecule has 0 bridgehead atoms. The maximum Gasteiger partial charge on any atom is 0.141 e. The minimum atomic E-state index is -0.434. The normalized spacial score (nSPS) is 25.8. The van der Waals surface area contributed by atoms with Gasteiger partial charge in [-0.1, -0.05) is 37.3 Å². The SMILES string of the molecule is C[C@]1(CCCC=O)C(=O)CCCC1OCc1ccccc1. The monoisotopic (exact) mass is 288 g/mol. The molecule has 0 N–H and O–H groups in total. The van der Waals surface area contributed by atoms with Crippen molar-refractivity contribution in [3.63, 3.8) is 0 Å². The van der Waals surface area contributed by atoms with Gasteiger partial charge in [0.15, 0.2) is 0 Å². The standard InChI is InChI=1S/C18H24O3/c1-18(12-5-6-13-19)16(20)10-7-11-17(18)21-14-15-8-3-2-4-9-15/h2-4,8-9,13,17H,5-7,10-12,14H2,1H3/t17?,18-/m0/s1. The van der Waals surface area contributed by atoms with Crippen molar-refractivity contribution in [2.24, 2.45) is 5.41 Å². The van der Waals surface area contributed by atoms with Crippen molar-refractivity contribution in [1.82, 2.24) is 0 Å². The lowest BCUT2D eigenvalue weighted by Gasteiger charge is -2.40. The van der Waals surface area contributed by atoms with E-state index >= 15 is 0 Å². The lowest BCUT2D eigenvalue weighted by molar-refractivity contribution is -0.145. The van der Waals surface area contributed by atoms with Crippen molar-refractivity contribution in [2.75, 3.05) is 0 Å². The van der Waals surface area contributed by atoms with Crippen LogP contribution in [0.5, 0.6) is 0 Å². The molecule has 0 aromatic heterocycles. The Bertz CT molecular complexity index is 469. The van der Waals surface area contributed by atoms with Gasteiger partial charge in [-0.2, -0.15) is 0 Å². The minimum absolute atomic E-state index is 0.0365. The highest BCUT2D eigenvalue weighted by Gasteiger charge is 2.43. The molecule has 2 atom stereocenters. The molecule has 3 heteroatoms. The predicted molar refractivity (Wildman–Crippen MR) is 81.9 cm³/mol. The van der Waals surface area contributed by atoms with E-state index in [0.717, 1.165) is 37.5 Å². The fraction of sp³-hybridized carbons (Fsp3) is 0.556. The zero-order valence-electron chi connectivity index (χ0n) is 12.7. The second kappa shape index (κ2) is 7.51. The van der Waals surface area contributed by atoms with Crippen LogP contribution in [0.4, 0.5) is 0 Å². The highest BCUT2D eigenvalue weighted by molar-refractivity contribution is 5.85. The summed E-state index contributed by atoms with van der Waals surface area (Å²) in [5.74, 6) is 0.290. The number of ketones is 1. The molecule has 1 fully saturated rings. The molecule has 1 aliphatic rings. The summed E-state index contributed by atoms with van der Waals surface area (Å²) in [5, 5.41) is 0. The molecule has 1 saturated carbocycles. The maximum atomic E-state index is 12.4. The highest BCUT2D eigenvalue weighted by atomic mass is 16.5. The van der Waals surface area contributed by atoms with Gasteiger partial charge < -0.3 is 9.53 Å². The second-order valence-electron chi connectivity index (χ2n) is 6.08. The van der Waals surface area contributed by atoms with E-state index in [4.69, 9.17) is 4.74 Å². The quantitative estimate of drug-likeness (QED) is 0.567. The number of ether oxygens (including phenoxy) is 1. The summed E-state index contributed by atoms with van der Waals surface area (Å²) in [6.45, 7) is 2.55. The lowest BCUT2D eigenvalue weighted by atomic mass is 9.69. The molecule has 21 heavy (non-hydrogen) atoms. The molecule has 1 aromatic rings. The molecule has 0 heterocycles. The van der Waals surface area contributed by atoms with Gasteiger partial charge in [0.1, 0.15) is 12.1 Å². The van der Waals surface area contributed by atoms with E-state index < -0.39 is 5.41 Å². The Balaban J connectivity index is 2.00. The van der Waals surface area contributed by atoms with Crippen LogP contribution in [0.1, 0.15) is 51.0 Å². The van der Waals surface area contributed by atoms with Gasteiger partial charge >= 0.3 is 0 Å². The number of hydrogen-bond acceptors (Lipinski definition) is 3. The van der Waals surface area contributed by atoms with Gasteiger partial charge in [-0.15, -0.1) is 0 Å². The summed E-state index contributed by atoms with van der Waals surface area (Å²) in [6, 6.07) is 10.0. The molecule has 3 nitrogen and oxygen atoms in total. The Morgan fingerprint density at radius 2 is 2.10 bits per heavy atom. The smallest absolute Gasteiger partial charge is 0.141 e. The number of aldehydes is 1. The summed E-state index contributed by atoms with van der Waals surface area (Å²) < 4.78 is 6.08. The molecule has 1 unspecified atom stereocenters. The fourth-order valence-corrected chi connectivity index (χ4v) is 3.12. The van der Waals surface area contributed by atoms with Gasteiger partial charge in [-0.3, -0.25) is 4.79 Å². The Hall–Kier alpha value is -1.48. The number of carbonyl (C=O) groups excluding carboxylic acids is 2. The van der Waals surface area contributed by atoms with Crippen LogP contribution in [0.25, 0.3) is 0 Å². The summed E-state index contributed by atoms with van der Waals surface area (Å²) in [6.07, 6.45) is 5.39. The third-order valence-corrected chi connectivity index (χ3v) is 4.53. The minimum Gasteiger partial charge on any atom is -0.373 e. The Labute approximate surface area is 126 Å². The first-order valence-electron chi connectivity index (χ1n) is 7.79. The van der Waals surface area contributed by atoms with Crippen molar-refractivity contribution in [3.05, 3.63) is 35.9 Å². The van der Waals surface area contributed by atoms with Gasteiger partial charge in [0.2, 0.25) is 0 Å². The first kappa shape index (κ1) is 15.9. The summed E-state index contributed by atoms with van der Waals surface area (Å²) in [4.78, 5) is 22.9. The van der Waals surface area contributed by atoms with Crippen molar-refractivity contribution in [3.8, 4) is 0 Å². The van der Waals surface area contributed by atoms with E-state index in [1.165, 1.54) is 0 Å². The Morgan fingerprint density at radius 1 is 1.33 bits per heavy atom. The third kappa shape index (κ3) is 4.01. The van der Waals surface area contributed by atoms with Crippen molar-refractivity contribution in [2.45, 2.75) is 58.2 Å². The van der Waals surface area contributed by atoms with Crippen LogP contribution < -0.4 is 0 Å². The number of rotatable bonds is 7. The molecule has 1 aliphatic carbocycles. The van der Waals surface area contributed by atoms with Crippen LogP contribution in [0.3, 0.4) is 0 Å². The molecule has 0 amide bonds. The Kier molecular flexibility index (Phi) is 5.68. The lowest BCUT2D eigenvalue weighted by Crippen LogP contribution is -2.44. The maximum absolute atomic E-state index is 12.4. The average molecular weight is 288 g/mol. The molecule has 0 radical (unpaired) electrons. The first-order valence-corrected chi connectivity index (χ1v) is 7.79. The first-order chi connectivity index (χ1) is 10.2. The molecule has 114 valence electrons. The predicted octanol–water partition coefficient (Wildman–Crippen LogP) is 3.70. The summed E-state index contributed by atoms with van der Waals surface area (Å²) in [5.41, 5.74) is 0.696. The van der Waals surface area contributed by atoms with E-state index in [9.17, 15) is 9.59 Å². The second-order valence-corrected chi connectivity index (χ2v) is 6.08. The van der Waals surface area contributed by atoms with Crippen LogP contribution >= 0.6 is 0 Å². The zero-order chi connectivity index (χ0) is 15.1. The molecule has 1 aromatic carbocycles. The van der Waals surface area contributed by atoms with Crippen LogP contribution in [0.15, 0.2) is 30.3 Å². The number of unbranched alkanes of at least 4 members (excludes halogenated alkanes) is 1. The zero-order valence-corrected chi connectivity index (χ0v) is 12.7. The van der Waals surface area contributed by atoms with Crippen molar-refractivity contribution < 1.29 is 14.3 Å². The molecule has 0 spiro atoms. The van der Waals surface area contributed by atoms with Gasteiger partial charge in [0.05, 0.1) is 18.1 Å². The van der Waals surface area contributed by atoms with E-state index in [1.807, 2.05) is 37.3 Å². The largest absolute Gasteiger partial charge is 0.373 e. The molecule has 2 rings (SSSR count). The van der Waals surface area contributed by atoms with Crippen LogP contribution in [0, 0.1) is 5.41 Å². The number of hydrogen-bond donors (Lipinski definition) is 0. The summed E-state index contributed by atoms with van der Waals surface area (Å²) >= 11 is 0. The Morgan fingerprint density at radius 3 is 2.81 bits per heavy atom. The highest BCUT2D eigenvalue weighted by Crippen LogP contribution is 2.39. The van der Waals surface area contributed by atoms with E-state index in [0.29, 0.717) is 19.4 Å². The molecular formula is C18H24O3. The van der Waals surface area contributed by atoms with Gasteiger partial charge in [-0.05, 0) is 31.2 Å². The molecular weight excluding hydrogens is 264 g/mol. The average Bonchev–Trinajstić information content (AvgIpc) is 2.50. The number of carbonyl (C=O) groups is 2. The van der Waals surface area contributed by atoms with E-state index in [-0.39, 0.29) is 11.9 Å². The van der Waals surface area contributed by atoms with Gasteiger partial charge in [-0.25, -0.2) is 0 Å². The third-order valence-electron chi connectivity index (χ3n) is 4.53. The van der Waals surface area contributed by atoms with E-state index in [2.05, 4.69) is 0 Å². The van der Waals surface area contributed by atoms with Crippen molar-refractivity contribution in [1.29, 1.82) is 0 Å². The van der Waals surface area contributed by atoms with Gasteiger partial charge in [0.25, 0.3) is 0 Å². The van der Waals surface area contributed by atoms with Crippen LogP contribution in [-0.2, 0) is 20.9 Å². The molecule has 0 saturated heterocycles. The topological polar surface area (TPSA) is 43.4 Å². The van der Waals surface area contributed by atoms with Gasteiger partial charge in [0, 0.05) is 12.8 Å². The van der Waals surface area contributed by atoms with Crippen LogP contribution in [0.2, 0.25) is 0 Å². The van der Waals surface area contributed by atoms with E-state index in [1.54, 1.807) is 0 Å². The van der Waals surface area contributed by atoms with Crippen molar-refractivity contribution >= 4 is 12.1 Å². The number of Topliss-reactive ketones (excluding diaryl/α,β-unsaturated/α-hetero) is 1. The summed E-state index contributed by atoms with van der Waals surface area (Å²) in [7, 11) is 0. The number of benzene rings is 1. The molecule has 0 aliphatic heterocycles. The van der Waals surface area contributed by atoms with Crippen LogP contribution in [-0.4, -0.2) is 18.2 Å².